The maximum Gasteiger partial charge on any atom is 0.308 e. The Morgan fingerprint density at radius 2 is 2.22 bits per heavy atom. The Hall–Kier alpha value is -1.10. The van der Waals surface area contributed by atoms with E-state index in [1.165, 1.54) is 0 Å². The molecule has 1 N–H and O–H groups in total. The lowest BCUT2D eigenvalue weighted by atomic mass is 10.1. The molecule has 18 heavy (non-hydrogen) atoms. The Balaban J connectivity index is 2.55. The molecule has 0 saturated carbocycles. The highest BCUT2D eigenvalue weighted by molar-refractivity contribution is 5.77. The number of rotatable bonds is 7. The Bertz CT molecular complexity index is 287. The van der Waals surface area contributed by atoms with Crippen molar-refractivity contribution in [1.29, 1.82) is 0 Å². The molecule has 1 heterocycles. The molecular weight excluding hydrogens is 234 g/mol. The molecule has 5 heteroatoms. The zero-order valence-electron chi connectivity index (χ0n) is 11.2. The molecule has 2 unspecified atom stereocenters. The van der Waals surface area contributed by atoms with Gasteiger partial charge >= 0.3 is 5.97 Å². The Kier molecular flexibility index (Phi) is 6.12. The van der Waals surface area contributed by atoms with Crippen LogP contribution in [-0.2, 0) is 14.3 Å². The quantitative estimate of drug-likeness (QED) is 0.751. The highest BCUT2D eigenvalue weighted by atomic mass is 16.5. The Labute approximate surface area is 108 Å². The number of amides is 1. The topological polar surface area (TPSA) is 66.8 Å². The monoisotopic (exact) mass is 257 g/mol. The third-order valence-corrected chi connectivity index (χ3v) is 3.18. The molecule has 0 radical (unpaired) electrons. The SMILES string of the molecule is CCCC(=O)N(CC1CCCO1)CC(C)C(=O)O. The fourth-order valence-electron chi connectivity index (χ4n) is 2.09. The lowest BCUT2D eigenvalue weighted by molar-refractivity contribution is -0.143. The Morgan fingerprint density at radius 1 is 1.50 bits per heavy atom. The van der Waals surface area contributed by atoms with Crippen molar-refractivity contribution in [3.05, 3.63) is 0 Å². The zero-order chi connectivity index (χ0) is 13.5. The third-order valence-electron chi connectivity index (χ3n) is 3.18. The van der Waals surface area contributed by atoms with Gasteiger partial charge in [-0.3, -0.25) is 9.59 Å². The average Bonchev–Trinajstić information content (AvgIpc) is 2.81. The molecule has 1 aliphatic heterocycles. The van der Waals surface area contributed by atoms with Crippen molar-refractivity contribution in [3.8, 4) is 0 Å². The summed E-state index contributed by atoms with van der Waals surface area (Å²) in [6.07, 6.45) is 3.31. The van der Waals surface area contributed by atoms with Gasteiger partial charge < -0.3 is 14.7 Å². The normalized spacial score (nSPS) is 20.7. The van der Waals surface area contributed by atoms with Crippen molar-refractivity contribution in [2.24, 2.45) is 5.92 Å². The molecule has 5 nitrogen and oxygen atoms in total. The van der Waals surface area contributed by atoms with E-state index in [9.17, 15) is 9.59 Å². The standard InChI is InChI=1S/C13H23NO4/c1-3-5-12(15)14(8-10(2)13(16)17)9-11-6-4-7-18-11/h10-11H,3-9H2,1-2H3,(H,16,17). The number of nitrogens with zero attached hydrogens (tertiary/aromatic N) is 1. The fraction of sp³-hybridized carbons (Fsp3) is 0.846. The maximum absolute atomic E-state index is 12.0. The lowest BCUT2D eigenvalue weighted by Gasteiger charge is -2.27. The van der Waals surface area contributed by atoms with E-state index in [0.29, 0.717) is 13.0 Å². The minimum atomic E-state index is -0.864. The van der Waals surface area contributed by atoms with Gasteiger partial charge in [0, 0.05) is 26.1 Å². The number of carboxylic acid groups (broad SMARTS) is 1. The van der Waals surface area contributed by atoms with E-state index >= 15 is 0 Å². The molecule has 1 rings (SSSR count). The number of hydrogen-bond donors (Lipinski definition) is 1. The van der Waals surface area contributed by atoms with Gasteiger partial charge in [0.25, 0.3) is 0 Å². The van der Waals surface area contributed by atoms with Gasteiger partial charge in [-0.25, -0.2) is 0 Å². The van der Waals surface area contributed by atoms with E-state index in [4.69, 9.17) is 9.84 Å². The first-order valence-corrected chi connectivity index (χ1v) is 6.66. The number of ether oxygens (including phenoxy) is 1. The van der Waals surface area contributed by atoms with Crippen LogP contribution in [0.15, 0.2) is 0 Å². The summed E-state index contributed by atoms with van der Waals surface area (Å²) < 4.78 is 5.51. The summed E-state index contributed by atoms with van der Waals surface area (Å²) in [5.74, 6) is -1.37. The third kappa shape index (κ3) is 4.64. The number of carbonyl (C=O) groups excluding carboxylic acids is 1. The minimum Gasteiger partial charge on any atom is -0.481 e. The second-order valence-corrected chi connectivity index (χ2v) is 4.92. The molecule has 0 aromatic rings. The van der Waals surface area contributed by atoms with Gasteiger partial charge in [-0.1, -0.05) is 13.8 Å². The van der Waals surface area contributed by atoms with Crippen LogP contribution in [0.2, 0.25) is 0 Å². The van der Waals surface area contributed by atoms with Crippen LogP contribution >= 0.6 is 0 Å². The van der Waals surface area contributed by atoms with Crippen LogP contribution in [0.1, 0.15) is 39.5 Å². The zero-order valence-corrected chi connectivity index (χ0v) is 11.2. The van der Waals surface area contributed by atoms with Crippen molar-refractivity contribution in [2.75, 3.05) is 19.7 Å². The molecule has 104 valence electrons. The number of carboxylic acids is 1. The maximum atomic E-state index is 12.0. The first-order valence-electron chi connectivity index (χ1n) is 6.66. The summed E-state index contributed by atoms with van der Waals surface area (Å²) in [6.45, 7) is 5.12. The second-order valence-electron chi connectivity index (χ2n) is 4.92. The summed E-state index contributed by atoms with van der Waals surface area (Å²) in [4.78, 5) is 24.5. The van der Waals surface area contributed by atoms with Gasteiger partial charge in [-0.2, -0.15) is 0 Å². The van der Waals surface area contributed by atoms with Crippen LogP contribution in [-0.4, -0.2) is 47.7 Å². The largest absolute Gasteiger partial charge is 0.481 e. The number of hydrogen-bond acceptors (Lipinski definition) is 3. The van der Waals surface area contributed by atoms with Crippen LogP contribution in [0.4, 0.5) is 0 Å². The molecule has 0 aromatic heterocycles. The summed E-state index contributed by atoms with van der Waals surface area (Å²) in [5.41, 5.74) is 0. The van der Waals surface area contributed by atoms with Gasteiger partial charge in [0.05, 0.1) is 12.0 Å². The van der Waals surface area contributed by atoms with E-state index < -0.39 is 11.9 Å². The van der Waals surface area contributed by atoms with Crippen LogP contribution in [0.3, 0.4) is 0 Å². The molecule has 0 bridgehead atoms. The van der Waals surface area contributed by atoms with Crippen molar-refractivity contribution in [1.82, 2.24) is 4.90 Å². The highest BCUT2D eigenvalue weighted by Gasteiger charge is 2.25. The molecule has 1 amide bonds. The van der Waals surface area contributed by atoms with Crippen LogP contribution < -0.4 is 0 Å². The predicted octanol–water partition coefficient (Wildman–Crippen LogP) is 1.51. The lowest BCUT2D eigenvalue weighted by Crippen LogP contribution is -2.41. The van der Waals surface area contributed by atoms with E-state index in [-0.39, 0.29) is 18.6 Å². The molecule has 1 aliphatic rings. The summed E-state index contributed by atoms with van der Waals surface area (Å²) >= 11 is 0. The number of aliphatic carboxylic acids is 1. The van der Waals surface area contributed by atoms with Crippen molar-refractivity contribution >= 4 is 11.9 Å². The van der Waals surface area contributed by atoms with Crippen molar-refractivity contribution in [2.45, 2.75) is 45.6 Å². The molecule has 1 fully saturated rings. The minimum absolute atomic E-state index is 0.0288. The summed E-state index contributed by atoms with van der Waals surface area (Å²) in [5, 5.41) is 8.93. The molecule has 2 atom stereocenters. The molecule has 0 aromatic carbocycles. The highest BCUT2D eigenvalue weighted by Crippen LogP contribution is 2.15. The van der Waals surface area contributed by atoms with Crippen LogP contribution in [0, 0.1) is 5.92 Å². The number of carbonyl (C=O) groups is 2. The van der Waals surface area contributed by atoms with Crippen molar-refractivity contribution in [3.63, 3.8) is 0 Å². The fourth-order valence-corrected chi connectivity index (χ4v) is 2.09. The van der Waals surface area contributed by atoms with Crippen molar-refractivity contribution < 1.29 is 19.4 Å². The first kappa shape index (κ1) is 15.0. The smallest absolute Gasteiger partial charge is 0.308 e. The average molecular weight is 257 g/mol. The molecule has 1 saturated heterocycles. The van der Waals surface area contributed by atoms with Gasteiger partial charge in [0.2, 0.25) is 5.91 Å². The molecule has 0 spiro atoms. The summed E-state index contributed by atoms with van der Waals surface area (Å²) in [6, 6.07) is 0. The Morgan fingerprint density at radius 3 is 2.72 bits per heavy atom. The van der Waals surface area contributed by atoms with E-state index in [0.717, 1.165) is 25.9 Å². The first-order chi connectivity index (χ1) is 8.54. The van der Waals surface area contributed by atoms with Crippen LogP contribution in [0.5, 0.6) is 0 Å². The van der Waals surface area contributed by atoms with E-state index in [2.05, 4.69) is 0 Å². The van der Waals surface area contributed by atoms with Gasteiger partial charge in [-0.15, -0.1) is 0 Å². The van der Waals surface area contributed by atoms with Gasteiger partial charge in [0.1, 0.15) is 0 Å². The van der Waals surface area contributed by atoms with Crippen LogP contribution in [0.25, 0.3) is 0 Å². The molecular formula is C13H23NO4. The van der Waals surface area contributed by atoms with E-state index in [1.807, 2.05) is 6.92 Å². The molecule has 0 aliphatic carbocycles. The second kappa shape index (κ2) is 7.36. The van der Waals surface area contributed by atoms with E-state index in [1.54, 1.807) is 11.8 Å². The summed E-state index contributed by atoms with van der Waals surface area (Å²) in [7, 11) is 0. The van der Waals surface area contributed by atoms with Gasteiger partial charge in [-0.05, 0) is 19.3 Å². The predicted molar refractivity (Wildman–Crippen MR) is 67.3 cm³/mol. The van der Waals surface area contributed by atoms with Gasteiger partial charge in [0.15, 0.2) is 0 Å².